The maximum atomic E-state index is 13.1. The summed E-state index contributed by atoms with van der Waals surface area (Å²) < 4.78 is 0. The van der Waals surface area contributed by atoms with Gasteiger partial charge in [0.1, 0.15) is 0 Å². The number of anilines is 3. The lowest BCUT2D eigenvalue weighted by Crippen LogP contribution is -2.45. The predicted octanol–water partition coefficient (Wildman–Crippen LogP) is 2.99. The Bertz CT molecular complexity index is 895. The van der Waals surface area contributed by atoms with E-state index in [9.17, 15) is 9.59 Å². The second kappa shape index (κ2) is 8.06. The highest BCUT2D eigenvalue weighted by Crippen LogP contribution is 2.33. The van der Waals surface area contributed by atoms with E-state index in [4.69, 9.17) is 4.98 Å². The Morgan fingerprint density at radius 2 is 1.93 bits per heavy atom. The van der Waals surface area contributed by atoms with Crippen LogP contribution in [0.5, 0.6) is 0 Å². The molecule has 2 aliphatic heterocycles. The fourth-order valence-electron chi connectivity index (χ4n) is 3.86. The van der Waals surface area contributed by atoms with Crippen LogP contribution in [0.25, 0.3) is 0 Å². The SMILES string of the molecule is CCN1Cc2cnc(NC3CCN(C(C)=O)CC3)nc2N(c2ccccc2)C1=O. The minimum absolute atomic E-state index is 0.0781. The summed E-state index contributed by atoms with van der Waals surface area (Å²) in [4.78, 5) is 39.1. The molecule has 1 aromatic heterocycles. The number of hydrogen-bond donors (Lipinski definition) is 1. The summed E-state index contributed by atoms with van der Waals surface area (Å²) >= 11 is 0. The molecule has 1 saturated heterocycles. The van der Waals surface area contributed by atoms with E-state index in [2.05, 4.69) is 10.3 Å². The molecule has 8 heteroatoms. The molecule has 2 aromatic rings. The molecule has 1 aromatic carbocycles. The molecule has 8 nitrogen and oxygen atoms in total. The summed E-state index contributed by atoms with van der Waals surface area (Å²) in [5.74, 6) is 1.26. The first-order valence-electron chi connectivity index (χ1n) is 10.1. The van der Waals surface area contributed by atoms with Crippen LogP contribution in [0.1, 0.15) is 32.3 Å². The average molecular weight is 394 g/mol. The number of hydrogen-bond acceptors (Lipinski definition) is 5. The molecule has 0 radical (unpaired) electrons. The Hall–Kier alpha value is -3.16. The molecular weight excluding hydrogens is 368 g/mol. The van der Waals surface area contributed by atoms with Crippen molar-refractivity contribution in [2.24, 2.45) is 0 Å². The van der Waals surface area contributed by atoms with Crippen molar-refractivity contribution in [1.29, 1.82) is 0 Å². The van der Waals surface area contributed by atoms with Crippen LogP contribution in [0.2, 0.25) is 0 Å². The third-order valence-electron chi connectivity index (χ3n) is 5.55. The molecule has 0 saturated carbocycles. The molecule has 0 unspecified atom stereocenters. The van der Waals surface area contributed by atoms with E-state index in [1.54, 1.807) is 22.9 Å². The van der Waals surface area contributed by atoms with Crippen LogP contribution < -0.4 is 10.2 Å². The van der Waals surface area contributed by atoms with Crippen LogP contribution in [0, 0.1) is 0 Å². The molecule has 1 N–H and O–H groups in total. The maximum absolute atomic E-state index is 13.1. The molecule has 3 heterocycles. The van der Waals surface area contributed by atoms with Crippen LogP contribution in [-0.2, 0) is 11.3 Å². The number of rotatable bonds is 4. The number of nitrogens with zero attached hydrogens (tertiary/aromatic N) is 5. The number of carbonyl (C=O) groups is 2. The minimum atomic E-state index is -0.0781. The standard InChI is InChI=1S/C21H26N6O2/c1-3-25-14-16-13-22-20(23-17-9-11-26(12-10-17)15(2)28)24-19(16)27(21(25)29)18-7-5-4-6-8-18/h4-8,13,17H,3,9-12,14H2,1-2H3,(H,22,23,24). The van der Waals surface area contributed by atoms with Gasteiger partial charge in [0.2, 0.25) is 11.9 Å². The van der Waals surface area contributed by atoms with Crippen LogP contribution >= 0.6 is 0 Å². The smallest absolute Gasteiger partial charge is 0.330 e. The molecular formula is C21H26N6O2. The van der Waals surface area contributed by atoms with E-state index in [0.29, 0.717) is 24.9 Å². The van der Waals surface area contributed by atoms with Gasteiger partial charge in [-0.1, -0.05) is 18.2 Å². The van der Waals surface area contributed by atoms with Crippen molar-refractivity contribution >= 4 is 29.4 Å². The summed E-state index contributed by atoms with van der Waals surface area (Å²) in [6.07, 6.45) is 3.51. The van der Waals surface area contributed by atoms with Gasteiger partial charge in [-0.05, 0) is 31.9 Å². The topological polar surface area (TPSA) is 81.7 Å². The Balaban J connectivity index is 1.59. The number of carbonyl (C=O) groups excluding carboxylic acids is 2. The summed E-state index contributed by atoms with van der Waals surface area (Å²) in [6.45, 7) is 6.17. The average Bonchev–Trinajstić information content (AvgIpc) is 2.74. The largest absolute Gasteiger partial charge is 0.351 e. The Kier molecular flexibility index (Phi) is 5.33. The highest BCUT2D eigenvalue weighted by Gasteiger charge is 2.32. The molecule has 152 valence electrons. The van der Waals surface area contributed by atoms with E-state index < -0.39 is 0 Å². The number of likely N-dealkylation sites (tertiary alicyclic amines) is 1. The number of nitrogens with one attached hydrogen (secondary N) is 1. The van der Waals surface area contributed by atoms with Crippen molar-refractivity contribution in [2.75, 3.05) is 29.9 Å². The van der Waals surface area contributed by atoms with Gasteiger partial charge in [0.25, 0.3) is 0 Å². The van der Waals surface area contributed by atoms with Crippen molar-refractivity contribution in [2.45, 2.75) is 39.3 Å². The lowest BCUT2D eigenvalue weighted by molar-refractivity contribution is -0.129. The van der Waals surface area contributed by atoms with E-state index in [1.807, 2.05) is 42.2 Å². The van der Waals surface area contributed by atoms with Crippen molar-refractivity contribution in [3.8, 4) is 0 Å². The molecule has 3 amide bonds. The summed E-state index contributed by atoms with van der Waals surface area (Å²) in [5.41, 5.74) is 1.71. The van der Waals surface area contributed by atoms with Gasteiger partial charge in [0, 0.05) is 44.4 Å². The predicted molar refractivity (Wildman–Crippen MR) is 111 cm³/mol. The Morgan fingerprint density at radius 1 is 1.21 bits per heavy atom. The van der Waals surface area contributed by atoms with Gasteiger partial charge in [0.05, 0.1) is 12.2 Å². The monoisotopic (exact) mass is 394 g/mol. The molecule has 0 atom stereocenters. The molecule has 1 fully saturated rings. The lowest BCUT2D eigenvalue weighted by atomic mass is 10.1. The fraction of sp³-hybridized carbons (Fsp3) is 0.429. The van der Waals surface area contributed by atoms with Gasteiger partial charge in [-0.25, -0.2) is 14.7 Å². The minimum Gasteiger partial charge on any atom is -0.351 e. The maximum Gasteiger partial charge on any atom is 0.330 e. The van der Waals surface area contributed by atoms with E-state index in [-0.39, 0.29) is 18.0 Å². The molecule has 4 rings (SSSR count). The molecule has 0 spiro atoms. The zero-order valence-corrected chi connectivity index (χ0v) is 16.8. The molecule has 2 aliphatic rings. The van der Waals surface area contributed by atoms with Gasteiger partial charge in [-0.3, -0.25) is 4.79 Å². The van der Waals surface area contributed by atoms with Gasteiger partial charge < -0.3 is 15.1 Å². The summed E-state index contributed by atoms with van der Waals surface area (Å²) in [6, 6.07) is 9.70. The van der Waals surface area contributed by atoms with Gasteiger partial charge in [-0.15, -0.1) is 0 Å². The van der Waals surface area contributed by atoms with E-state index >= 15 is 0 Å². The van der Waals surface area contributed by atoms with Crippen LogP contribution in [0.3, 0.4) is 0 Å². The lowest BCUT2D eigenvalue weighted by Gasteiger charge is -2.36. The molecule has 0 aliphatic carbocycles. The molecule has 29 heavy (non-hydrogen) atoms. The summed E-state index contributed by atoms with van der Waals surface area (Å²) in [7, 11) is 0. The van der Waals surface area contributed by atoms with Gasteiger partial charge in [-0.2, -0.15) is 4.98 Å². The number of fused-ring (bicyclic) bond motifs is 1. The number of benzene rings is 1. The van der Waals surface area contributed by atoms with Crippen LogP contribution in [-0.4, -0.2) is 57.4 Å². The highest BCUT2D eigenvalue weighted by atomic mass is 16.2. The zero-order chi connectivity index (χ0) is 20.4. The van der Waals surface area contributed by atoms with Crippen molar-refractivity contribution < 1.29 is 9.59 Å². The van der Waals surface area contributed by atoms with Crippen molar-refractivity contribution in [3.63, 3.8) is 0 Å². The normalized spacial score (nSPS) is 17.3. The second-order valence-corrected chi connectivity index (χ2v) is 7.43. The van der Waals surface area contributed by atoms with Crippen LogP contribution in [0.4, 0.5) is 22.2 Å². The van der Waals surface area contributed by atoms with E-state index in [1.165, 1.54) is 0 Å². The van der Waals surface area contributed by atoms with E-state index in [0.717, 1.165) is 37.2 Å². The van der Waals surface area contributed by atoms with Gasteiger partial charge >= 0.3 is 6.03 Å². The third kappa shape index (κ3) is 3.87. The first-order valence-corrected chi connectivity index (χ1v) is 10.1. The fourth-order valence-corrected chi connectivity index (χ4v) is 3.86. The summed E-state index contributed by atoms with van der Waals surface area (Å²) in [5, 5.41) is 3.39. The van der Waals surface area contributed by atoms with Gasteiger partial charge in [0.15, 0.2) is 5.82 Å². The third-order valence-corrected chi connectivity index (χ3v) is 5.55. The first kappa shape index (κ1) is 19.2. The number of piperidine rings is 1. The number of aromatic nitrogens is 2. The molecule has 0 bridgehead atoms. The highest BCUT2D eigenvalue weighted by molar-refractivity contribution is 6.00. The number of amides is 3. The first-order chi connectivity index (χ1) is 14.1. The number of urea groups is 1. The second-order valence-electron chi connectivity index (χ2n) is 7.43. The zero-order valence-electron chi connectivity index (χ0n) is 16.8. The number of para-hydroxylation sites is 1. The van der Waals surface area contributed by atoms with Crippen LogP contribution in [0.15, 0.2) is 36.5 Å². The Morgan fingerprint density at radius 3 is 2.59 bits per heavy atom. The quantitative estimate of drug-likeness (QED) is 0.862. The van der Waals surface area contributed by atoms with Crippen molar-refractivity contribution in [1.82, 2.24) is 19.8 Å². The van der Waals surface area contributed by atoms with Crippen molar-refractivity contribution in [3.05, 3.63) is 42.1 Å². The Labute approximate surface area is 170 Å².